The Morgan fingerprint density at radius 1 is 1.04 bits per heavy atom. The Hall–Kier alpha value is -3.21. The number of pyridine rings is 1. The van der Waals surface area contributed by atoms with E-state index in [-0.39, 0.29) is 11.7 Å². The van der Waals surface area contributed by atoms with Crippen LogP contribution in [0, 0.1) is 12.7 Å². The van der Waals surface area contributed by atoms with Gasteiger partial charge in [-0.05, 0) is 42.7 Å². The van der Waals surface area contributed by atoms with E-state index in [4.69, 9.17) is 0 Å². The Kier molecular flexibility index (Phi) is 6.15. The Morgan fingerprint density at radius 3 is 2.52 bits per heavy atom. The highest BCUT2D eigenvalue weighted by Crippen LogP contribution is 2.10. The quantitative estimate of drug-likeness (QED) is 0.664. The number of nitrogens with one attached hydrogen (secondary N) is 2. The van der Waals surface area contributed by atoms with Crippen LogP contribution in [0.25, 0.3) is 0 Å². The molecule has 1 aromatic heterocycles. The minimum Gasteiger partial charge on any atom is -0.380 e. The van der Waals surface area contributed by atoms with Crippen LogP contribution in [0.3, 0.4) is 0 Å². The van der Waals surface area contributed by atoms with E-state index in [1.54, 1.807) is 30.5 Å². The third-order valence-electron chi connectivity index (χ3n) is 4.25. The average molecular weight is 363 g/mol. The third kappa shape index (κ3) is 5.38. The molecule has 138 valence electrons. The standard InChI is InChI=1S/C22H22FN3O/c1-16-6-8-17(9-7-16)14-25-19-10-11-21(26-15-19)22(27)24-13-12-18-4-2-3-5-20(18)23/h2-11,15,25H,12-14H2,1H3,(H,24,27). The summed E-state index contributed by atoms with van der Waals surface area (Å²) in [5, 5.41) is 6.05. The van der Waals surface area contributed by atoms with Crippen molar-refractivity contribution in [2.75, 3.05) is 11.9 Å². The van der Waals surface area contributed by atoms with Gasteiger partial charge in [-0.2, -0.15) is 0 Å². The Bertz CT molecular complexity index is 892. The van der Waals surface area contributed by atoms with Crippen molar-refractivity contribution in [2.24, 2.45) is 0 Å². The van der Waals surface area contributed by atoms with Gasteiger partial charge in [-0.1, -0.05) is 48.0 Å². The molecule has 4 nitrogen and oxygen atoms in total. The Morgan fingerprint density at radius 2 is 1.81 bits per heavy atom. The molecule has 0 saturated carbocycles. The first-order chi connectivity index (χ1) is 13.1. The number of aryl methyl sites for hydroxylation is 1. The van der Waals surface area contributed by atoms with E-state index in [0.717, 1.165) is 5.69 Å². The summed E-state index contributed by atoms with van der Waals surface area (Å²) in [5.41, 5.74) is 4.17. The van der Waals surface area contributed by atoms with Crippen LogP contribution in [0.1, 0.15) is 27.2 Å². The van der Waals surface area contributed by atoms with Crippen molar-refractivity contribution >= 4 is 11.6 Å². The summed E-state index contributed by atoms with van der Waals surface area (Å²) >= 11 is 0. The second-order valence-electron chi connectivity index (χ2n) is 6.37. The van der Waals surface area contributed by atoms with Crippen molar-refractivity contribution in [3.8, 4) is 0 Å². The molecule has 0 bridgehead atoms. The highest BCUT2D eigenvalue weighted by atomic mass is 19.1. The zero-order valence-electron chi connectivity index (χ0n) is 15.2. The van der Waals surface area contributed by atoms with E-state index in [9.17, 15) is 9.18 Å². The van der Waals surface area contributed by atoms with Gasteiger partial charge in [-0.15, -0.1) is 0 Å². The van der Waals surface area contributed by atoms with Crippen LogP contribution in [0.4, 0.5) is 10.1 Å². The number of rotatable bonds is 7. The predicted octanol–water partition coefficient (Wildman–Crippen LogP) is 4.11. The fraction of sp³-hybridized carbons (Fsp3) is 0.182. The van der Waals surface area contributed by atoms with Crippen LogP contribution in [0.5, 0.6) is 0 Å². The summed E-state index contributed by atoms with van der Waals surface area (Å²) in [4.78, 5) is 16.4. The molecule has 0 radical (unpaired) electrons. The number of amides is 1. The van der Waals surface area contributed by atoms with Crippen molar-refractivity contribution in [2.45, 2.75) is 19.9 Å². The molecular formula is C22H22FN3O. The van der Waals surface area contributed by atoms with Gasteiger partial charge in [-0.25, -0.2) is 9.37 Å². The minimum absolute atomic E-state index is 0.256. The molecule has 0 saturated heterocycles. The van der Waals surface area contributed by atoms with Gasteiger partial charge in [0, 0.05) is 13.1 Å². The lowest BCUT2D eigenvalue weighted by molar-refractivity contribution is 0.0949. The van der Waals surface area contributed by atoms with Gasteiger partial charge in [0.2, 0.25) is 0 Å². The van der Waals surface area contributed by atoms with Crippen LogP contribution < -0.4 is 10.6 Å². The maximum absolute atomic E-state index is 13.6. The van der Waals surface area contributed by atoms with Crippen LogP contribution in [0.15, 0.2) is 66.9 Å². The number of aromatic nitrogens is 1. The third-order valence-corrected chi connectivity index (χ3v) is 4.25. The van der Waals surface area contributed by atoms with E-state index in [2.05, 4.69) is 46.8 Å². The summed E-state index contributed by atoms with van der Waals surface area (Å²) in [6.07, 6.45) is 2.08. The topological polar surface area (TPSA) is 54.0 Å². The molecule has 0 unspecified atom stereocenters. The minimum atomic E-state index is -0.267. The molecule has 2 N–H and O–H groups in total. The Labute approximate surface area is 158 Å². The zero-order valence-corrected chi connectivity index (χ0v) is 15.2. The van der Waals surface area contributed by atoms with E-state index < -0.39 is 0 Å². The van der Waals surface area contributed by atoms with Crippen LogP contribution in [0.2, 0.25) is 0 Å². The van der Waals surface area contributed by atoms with Crippen molar-refractivity contribution < 1.29 is 9.18 Å². The molecule has 0 spiro atoms. The van der Waals surface area contributed by atoms with Gasteiger partial charge >= 0.3 is 0 Å². The molecule has 1 amide bonds. The molecule has 3 rings (SSSR count). The van der Waals surface area contributed by atoms with Gasteiger partial charge in [0.05, 0.1) is 11.9 Å². The fourth-order valence-electron chi connectivity index (χ4n) is 2.65. The van der Waals surface area contributed by atoms with Gasteiger partial charge in [0.15, 0.2) is 0 Å². The molecule has 2 aromatic carbocycles. The lowest BCUT2D eigenvalue weighted by Crippen LogP contribution is -2.26. The Balaban J connectivity index is 1.48. The number of anilines is 1. The van der Waals surface area contributed by atoms with E-state index in [0.29, 0.717) is 30.8 Å². The molecule has 0 aliphatic heterocycles. The number of carbonyl (C=O) groups is 1. The molecule has 0 aliphatic rings. The molecule has 0 aliphatic carbocycles. The fourth-order valence-corrected chi connectivity index (χ4v) is 2.65. The van der Waals surface area contributed by atoms with E-state index in [1.165, 1.54) is 17.2 Å². The molecule has 0 fully saturated rings. The summed E-state index contributed by atoms with van der Waals surface area (Å²) in [6.45, 7) is 3.10. The van der Waals surface area contributed by atoms with Gasteiger partial charge < -0.3 is 10.6 Å². The second-order valence-corrected chi connectivity index (χ2v) is 6.37. The van der Waals surface area contributed by atoms with Crippen molar-refractivity contribution in [1.82, 2.24) is 10.3 Å². The van der Waals surface area contributed by atoms with E-state index in [1.807, 2.05) is 6.07 Å². The lowest BCUT2D eigenvalue weighted by Gasteiger charge is -2.08. The number of hydrogen-bond donors (Lipinski definition) is 2. The molecule has 0 atom stereocenters. The van der Waals surface area contributed by atoms with Crippen LogP contribution in [-0.2, 0) is 13.0 Å². The first kappa shape index (κ1) is 18.6. The normalized spacial score (nSPS) is 10.4. The predicted molar refractivity (Wildman–Crippen MR) is 105 cm³/mol. The van der Waals surface area contributed by atoms with Gasteiger partial charge in [0.1, 0.15) is 11.5 Å². The summed E-state index contributed by atoms with van der Waals surface area (Å²) < 4.78 is 13.6. The molecule has 3 aromatic rings. The van der Waals surface area contributed by atoms with Crippen LogP contribution in [-0.4, -0.2) is 17.4 Å². The smallest absolute Gasteiger partial charge is 0.269 e. The average Bonchev–Trinajstić information content (AvgIpc) is 2.69. The number of halogens is 1. The van der Waals surface area contributed by atoms with Crippen molar-refractivity contribution in [3.63, 3.8) is 0 Å². The van der Waals surface area contributed by atoms with Crippen LogP contribution >= 0.6 is 0 Å². The number of nitrogens with zero attached hydrogens (tertiary/aromatic N) is 1. The monoisotopic (exact) mass is 363 g/mol. The first-order valence-electron chi connectivity index (χ1n) is 8.89. The van der Waals surface area contributed by atoms with E-state index >= 15 is 0 Å². The number of hydrogen-bond acceptors (Lipinski definition) is 3. The molecule has 1 heterocycles. The summed E-state index contributed by atoms with van der Waals surface area (Å²) in [5.74, 6) is -0.523. The number of benzene rings is 2. The van der Waals surface area contributed by atoms with Gasteiger partial charge in [-0.3, -0.25) is 4.79 Å². The first-order valence-corrected chi connectivity index (χ1v) is 8.89. The maximum atomic E-state index is 13.6. The van der Waals surface area contributed by atoms with Gasteiger partial charge in [0.25, 0.3) is 5.91 Å². The molecular weight excluding hydrogens is 341 g/mol. The van der Waals surface area contributed by atoms with Crippen molar-refractivity contribution in [3.05, 3.63) is 95.1 Å². The molecule has 27 heavy (non-hydrogen) atoms. The zero-order chi connectivity index (χ0) is 19.1. The SMILES string of the molecule is Cc1ccc(CNc2ccc(C(=O)NCCc3ccccc3F)nc2)cc1. The maximum Gasteiger partial charge on any atom is 0.269 e. The van der Waals surface area contributed by atoms with Crippen molar-refractivity contribution in [1.29, 1.82) is 0 Å². The largest absolute Gasteiger partial charge is 0.380 e. The lowest BCUT2D eigenvalue weighted by atomic mass is 10.1. The molecule has 5 heteroatoms. The summed E-state index contributed by atoms with van der Waals surface area (Å²) in [6, 6.07) is 18.4. The highest BCUT2D eigenvalue weighted by molar-refractivity contribution is 5.92. The summed E-state index contributed by atoms with van der Waals surface area (Å²) in [7, 11) is 0. The highest BCUT2D eigenvalue weighted by Gasteiger charge is 2.07. The number of carbonyl (C=O) groups excluding carboxylic acids is 1. The second kappa shape index (κ2) is 8.94.